The number of rotatable bonds is 4. The molecule has 3 aromatic rings. The van der Waals surface area contributed by atoms with Crippen LogP contribution < -0.4 is 0 Å². The first kappa shape index (κ1) is 13.4. The van der Waals surface area contributed by atoms with Crippen LogP contribution in [0.5, 0.6) is 0 Å². The van der Waals surface area contributed by atoms with Crippen LogP contribution in [0.15, 0.2) is 53.2 Å². The largest absolute Gasteiger partial charge is 0.478 e. The maximum atomic E-state index is 11.1. The Kier molecular flexibility index (Phi) is 3.72. The molecule has 0 spiro atoms. The molecule has 102 valence electrons. The summed E-state index contributed by atoms with van der Waals surface area (Å²) in [5.41, 5.74) is 4.58. The quantitative estimate of drug-likeness (QED) is 0.778. The molecule has 21 heavy (non-hydrogen) atoms. The van der Waals surface area contributed by atoms with E-state index in [0.717, 1.165) is 22.3 Å². The minimum atomic E-state index is -0.862. The lowest BCUT2D eigenvalue weighted by Crippen LogP contribution is -1.99. The Morgan fingerprint density at radius 3 is 2.52 bits per heavy atom. The van der Waals surface area contributed by atoms with Crippen molar-refractivity contribution in [2.45, 2.75) is 6.42 Å². The third-order valence-electron chi connectivity index (χ3n) is 3.31. The summed E-state index contributed by atoms with van der Waals surface area (Å²) in [5.74, 6) is -0.862. The Bertz CT molecular complexity index is 742. The second-order valence-electron chi connectivity index (χ2n) is 4.71. The van der Waals surface area contributed by atoms with E-state index in [1.807, 2.05) is 47.8 Å². The van der Waals surface area contributed by atoms with Gasteiger partial charge in [-0.15, -0.1) is 0 Å². The van der Waals surface area contributed by atoms with Crippen molar-refractivity contribution in [3.05, 3.63) is 82.0 Å². The first-order valence-corrected chi connectivity index (χ1v) is 7.44. The molecule has 0 saturated carbocycles. The topological polar surface area (TPSA) is 37.3 Å². The maximum Gasteiger partial charge on any atom is 0.336 e. The molecule has 1 heterocycles. The molecule has 2 aromatic carbocycles. The molecular weight excluding hydrogens is 280 g/mol. The highest BCUT2D eigenvalue weighted by atomic mass is 32.1. The van der Waals surface area contributed by atoms with Crippen LogP contribution in [0.4, 0.5) is 0 Å². The van der Waals surface area contributed by atoms with Crippen molar-refractivity contribution in [3.8, 4) is 11.1 Å². The van der Waals surface area contributed by atoms with Gasteiger partial charge in [0, 0.05) is 5.38 Å². The lowest BCUT2D eigenvalue weighted by Gasteiger charge is -2.04. The van der Waals surface area contributed by atoms with E-state index >= 15 is 0 Å². The van der Waals surface area contributed by atoms with Crippen molar-refractivity contribution in [1.29, 1.82) is 0 Å². The highest BCUT2D eigenvalue weighted by Crippen LogP contribution is 2.22. The lowest BCUT2D eigenvalue weighted by atomic mass is 10.0. The number of carbonyl (C=O) groups is 1. The standard InChI is InChI=1S/C18H12O2S/c19-18(20)17-12-21-11-16(17)10-13-6-8-15(9-7-13)14-4-2-1-3-5-14/h2,4-9,11-12H,10H2,(H,19,20). The van der Waals surface area contributed by atoms with Crippen LogP contribution in [0.25, 0.3) is 11.1 Å². The summed E-state index contributed by atoms with van der Waals surface area (Å²) in [5, 5.41) is 12.7. The molecule has 3 rings (SSSR count). The molecule has 0 aliphatic rings. The third-order valence-corrected chi connectivity index (χ3v) is 4.10. The molecular formula is C18H12O2S. The summed E-state index contributed by atoms with van der Waals surface area (Å²) in [4.78, 5) is 11.1. The van der Waals surface area contributed by atoms with Gasteiger partial charge in [-0.1, -0.05) is 36.4 Å². The van der Waals surface area contributed by atoms with E-state index in [4.69, 9.17) is 5.11 Å². The Labute approximate surface area is 127 Å². The number of aromatic carboxylic acids is 1. The lowest BCUT2D eigenvalue weighted by molar-refractivity contribution is 0.0696. The van der Waals surface area contributed by atoms with Crippen LogP contribution in [0.2, 0.25) is 0 Å². The molecule has 1 aromatic heterocycles. The highest BCUT2D eigenvalue weighted by molar-refractivity contribution is 7.08. The SMILES string of the molecule is O=C(O)c1cscc1Cc1ccc(-c2cc#ccc2)cc1. The Hall–Kier alpha value is -2.57. The van der Waals surface area contributed by atoms with E-state index in [-0.39, 0.29) is 0 Å². The first-order chi connectivity index (χ1) is 10.2. The van der Waals surface area contributed by atoms with Crippen molar-refractivity contribution in [2.75, 3.05) is 0 Å². The van der Waals surface area contributed by atoms with Gasteiger partial charge in [-0.3, -0.25) is 0 Å². The van der Waals surface area contributed by atoms with Gasteiger partial charge in [0.05, 0.1) is 5.56 Å². The van der Waals surface area contributed by atoms with Gasteiger partial charge < -0.3 is 5.11 Å². The molecule has 3 heteroatoms. The van der Waals surface area contributed by atoms with E-state index in [0.29, 0.717) is 12.0 Å². The van der Waals surface area contributed by atoms with Gasteiger partial charge in [0.1, 0.15) is 0 Å². The summed E-state index contributed by atoms with van der Waals surface area (Å²) in [6.45, 7) is 0. The number of thiophene rings is 1. The van der Waals surface area contributed by atoms with Crippen LogP contribution in [-0.4, -0.2) is 11.1 Å². The van der Waals surface area contributed by atoms with E-state index in [1.54, 1.807) is 5.38 Å². The van der Waals surface area contributed by atoms with Crippen LogP contribution >= 0.6 is 11.3 Å². The smallest absolute Gasteiger partial charge is 0.336 e. The molecule has 0 amide bonds. The maximum absolute atomic E-state index is 11.1. The molecule has 0 bridgehead atoms. The molecule has 0 fully saturated rings. The molecule has 2 nitrogen and oxygen atoms in total. The summed E-state index contributed by atoms with van der Waals surface area (Å²) < 4.78 is 0. The van der Waals surface area contributed by atoms with E-state index in [2.05, 4.69) is 12.1 Å². The van der Waals surface area contributed by atoms with Gasteiger partial charge >= 0.3 is 5.97 Å². The normalized spacial score (nSPS) is 10.1. The van der Waals surface area contributed by atoms with Gasteiger partial charge in [-0.25, -0.2) is 4.79 Å². The zero-order valence-electron chi connectivity index (χ0n) is 11.2. The second kappa shape index (κ2) is 5.82. The van der Waals surface area contributed by atoms with Crippen LogP contribution in [0, 0.1) is 12.1 Å². The minimum Gasteiger partial charge on any atom is -0.478 e. The third kappa shape index (κ3) is 2.96. The zero-order valence-corrected chi connectivity index (χ0v) is 12.0. The van der Waals surface area contributed by atoms with Crippen LogP contribution in [-0.2, 0) is 6.42 Å². The number of hydrogen-bond acceptors (Lipinski definition) is 2. The van der Waals surface area contributed by atoms with Gasteiger partial charge in [-0.05, 0) is 52.3 Å². The van der Waals surface area contributed by atoms with Gasteiger partial charge in [0.25, 0.3) is 0 Å². The fourth-order valence-electron chi connectivity index (χ4n) is 2.21. The predicted molar refractivity (Wildman–Crippen MR) is 83.6 cm³/mol. The van der Waals surface area contributed by atoms with E-state index in [9.17, 15) is 4.79 Å². The van der Waals surface area contributed by atoms with Gasteiger partial charge in [-0.2, -0.15) is 11.3 Å². The summed E-state index contributed by atoms with van der Waals surface area (Å²) in [6, 6.07) is 19.7. The van der Waals surface area contributed by atoms with Gasteiger partial charge in [0.15, 0.2) is 0 Å². The first-order valence-electron chi connectivity index (χ1n) is 6.49. The van der Waals surface area contributed by atoms with Crippen molar-refractivity contribution >= 4 is 17.3 Å². The molecule has 0 saturated heterocycles. The minimum absolute atomic E-state index is 0.400. The number of benzene rings is 1. The highest BCUT2D eigenvalue weighted by Gasteiger charge is 2.11. The number of carboxylic acid groups (broad SMARTS) is 1. The van der Waals surface area contributed by atoms with Crippen molar-refractivity contribution in [1.82, 2.24) is 0 Å². The molecule has 0 aliphatic heterocycles. The van der Waals surface area contributed by atoms with Crippen molar-refractivity contribution in [2.24, 2.45) is 0 Å². The van der Waals surface area contributed by atoms with Crippen molar-refractivity contribution in [3.63, 3.8) is 0 Å². The zero-order chi connectivity index (χ0) is 14.7. The van der Waals surface area contributed by atoms with E-state index < -0.39 is 5.97 Å². The van der Waals surface area contributed by atoms with Crippen LogP contribution in [0.1, 0.15) is 21.5 Å². The Morgan fingerprint density at radius 1 is 1.05 bits per heavy atom. The van der Waals surface area contributed by atoms with Gasteiger partial charge in [0.2, 0.25) is 0 Å². The predicted octanol–water partition coefficient (Wildman–Crippen LogP) is 4.30. The average Bonchev–Trinajstić information content (AvgIpc) is 2.97. The van der Waals surface area contributed by atoms with Crippen LogP contribution in [0.3, 0.4) is 0 Å². The summed E-state index contributed by atoms with van der Waals surface area (Å²) in [6.07, 6.45) is 0.639. The molecule has 0 unspecified atom stereocenters. The van der Waals surface area contributed by atoms with E-state index in [1.165, 1.54) is 11.3 Å². The fourth-order valence-corrected chi connectivity index (χ4v) is 3.04. The fraction of sp³-hybridized carbons (Fsp3) is 0.0556. The Balaban J connectivity index is 1.82. The second-order valence-corrected chi connectivity index (χ2v) is 5.45. The molecule has 0 aliphatic carbocycles. The van der Waals surface area contributed by atoms with Crippen molar-refractivity contribution < 1.29 is 9.90 Å². The molecule has 0 radical (unpaired) electrons. The number of hydrogen-bond donors (Lipinski definition) is 1. The number of carboxylic acids is 1. The monoisotopic (exact) mass is 292 g/mol. The average molecular weight is 292 g/mol. The summed E-state index contributed by atoms with van der Waals surface area (Å²) >= 11 is 1.43. The molecule has 0 atom stereocenters. The molecule has 1 N–H and O–H groups in total. The summed E-state index contributed by atoms with van der Waals surface area (Å²) in [7, 11) is 0. The Morgan fingerprint density at radius 2 is 1.86 bits per heavy atom.